The number of nitrogens with one attached hydrogen (secondary N) is 1. The van der Waals surface area contributed by atoms with Gasteiger partial charge in [0.1, 0.15) is 17.4 Å². The summed E-state index contributed by atoms with van der Waals surface area (Å²) in [7, 11) is 0. The Hall–Kier alpha value is -1.33. The Bertz CT molecular complexity index is 822. The lowest BCUT2D eigenvalue weighted by molar-refractivity contribution is 0.241. The maximum absolute atomic E-state index is 12.0. The second-order valence-corrected chi connectivity index (χ2v) is 7.19. The standard InChI is InChI=1S/C16H14BrIN2O2/c1-8(2)22-15-12(5-10(17)6-14(15)18)11-4-9(3)20-16(21)13(11)7-19/h4-6,8H,1-3H3,(H,20,21). The number of pyridine rings is 1. The smallest absolute Gasteiger partial charge is 0.266 e. The van der Waals surface area contributed by atoms with Crippen LogP contribution in [0.4, 0.5) is 0 Å². The van der Waals surface area contributed by atoms with Crippen molar-refractivity contribution in [3.8, 4) is 22.9 Å². The van der Waals surface area contributed by atoms with Gasteiger partial charge in [0, 0.05) is 21.3 Å². The number of nitriles is 1. The number of halogens is 2. The predicted octanol–water partition coefficient (Wildman–Crippen LogP) is 4.38. The highest BCUT2D eigenvalue weighted by Crippen LogP contribution is 2.38. The van der Waals surface area contributed by atoms with E-state index in [-0.39, 0.29) is 17.2 Å². The molecule has 1 heterocycles. The molecule has 1 aromatic carbocycles. The van der Waals surface area contributed by atoms with E-state index in [1.807, 2.05) is 32.0 Å². The number of rotatable bonds is 3. The van der Waals surface area contributed by atoms with Gasteiger partial charge < -0.3 is 9.72 Å². The quantitative estimate of drug-likeness (QED) is 0.674. The van der Waals surface area contributed by atoms with E-state index in [0.29, 0.717) is 17.0 Å². The lowest BCUT2D eigenvalue weighted by atomic mass is 10.00. The van der Waals surface area contributed by atoms with E-state index >= 15 is 0 Å². The van der Waals surface area contributed by atoms with Gasteiger partial charge in [-0.3, -0.25) is 4.79 Å². The van der Waals surface area contributed by atoms with Gasteiger partial charge in [0.05, 0.1) is 9.67 Å². The molecule has 0 atom stereocenters. The van der Waals surface area contributed by atoms with Crippen molar-refractivity contribution in [3.05, 3.63) is 47.9 Å². The summed E-state index contributed by atoms with van der Waals surface area (Å²) >= 11 is 5.65. The predicted molar refractivity (Wildman–Crippen MR) is 98.1 cm³/mol. The number of benzene rings is 1. The van der Waals surface area contributed by atoms with E-state index in [4.69, 9.17) is 4.74 Å². The van der Waals surface area contributed by atoms with Crippen LogP contribution in [0.5, 0.6) is 5.75 Å². The second-order valence-electron chi connectivity index (χ2n) is 5.11. The lowest BCUT2D eigenvalue weighted by Crippen LogP contribution is -2.14. The van der Waals surface area contributed by atoms with Gasteiger partial charge in [-0.1, -0.05) is 15.9 Å². The summed E-state index contributed by atoms with van der Waals surface area (Å²) in [6.45, 7) is 5.67. The zero-order chi connectivity index (χ0) is 16.4. The first-order valence-corrected chi connectivity index (χ1v) is 8.50. The topological polar surface area (TPSA) is 65.9 Å². The molecule has 0 saturated carbocycles. The van der Waals surface area contributed by atoms with Crippen LogP contribution < -0.4 is 10.3 Å². The van der Waals surface area contributed by atoms with Gasteiger partial charge >= 0.3 is 0 Å². The van der Waals surface area contributed by atoms with E-state index in [1.165, 1.54) is 0 Å². The van der Waals surface area contributed by atoms with Crippen LogP contribution in [-0.4, -0.2) is 11.1 Å². The molecule has 0 aliphatic carbocycles. The van der Waals surface area contributed by atoms with Crippen molar-refractivity contribution in [1.82, 2.24) is 4.98 Å². The minimum Gasteiger partial charge on any atom is -0.489 e. The molecule has 0 radical (unpaired) electrons. The molecule has 0 unspecified atom stereocenters. The van der Waals surface area contributed by atoms with Gasteiger partial charge in [0.25, 0.3) is 5.56 Å². The molecule has 1 N–H and O–H groups in total. The first-order valence-electron chi connectivity index (χ1n) is 6.63. The molecule has 4 nitrogen and oxygen atoms in total. The largest absolute Gasteiger partial charge is 0.489 e. The first-order chi connectivity index (χ1) is 10.3. The third kappa shape index (κ3) is 3.52. The van der Waals surface area contributed by atoms with E-state index < -0.39 is 0 Å². The van der Waals surface area contributed by atoms with Crippen molar-refractivity contribution in [2.45, 2.75) is 26.9 Å². The SMILES string of the molecule is Cc1cc(-c2cc(Br)cc(I)c2OC(C)C)c(C#N)c(=O)[nH]1. The highest BCUT2D eigenvalue weighted by molar-refractivity contribution is 14.1. The van der Waals surface area contributed by atoms with Crippen LogP contribution in [0.2, 0.25) is 0 Å². The van der Waals surface area contributed by atoms with Crippen LogP contribution in [0.3, 0.4) is 0 Å². The third-order valence-corrected chi connectivity index (χ3v) is 4.19. The van der Waals surface area contributed by atoms with Crippen LogP contribution in [0.25, 0.3) is 11.1 Å². The van der Waals surface area contributed by atoms with Crippen molar-refractivity contribution in [2.24, 2.45) is 0 Å². The lowest BCUT2D eigenvalue weighted by Gasteiger charge is -2.17. The zero-order valence-electron chi connectivity index (χ0n) is 12.3. The number of hydrogen-bond donors (Lipinski definition) is 1. The summed E-state index contributed by atoms with van der Waals surface area (Å²) in [5, 5.41) is 9.34. The molecule has 0 saturated heterocycles. The summed E-state index contributed by atoms with van der Waals surface area (Å²) in [4.78, 5) is 14.7. The fraction of sp³-hybridized carbons (Fsp3) is 0.250. The number of aromatic nitrogens is 1. The molecule has 1 aromatic heterocycles. The van der Waals surface area contributed by atoms with Crippen LogP contribution in [0.15, 0.2) is 27.5 Å². The Morgan fingerprint density at radius 3 is 2.59 bits per heavy atom. The van der Waals surface area contributed by atoms with Crippen molar-refractivity contribution in [1.29, 1.82) is 5.26 Å². The first kappa shape index (κ1) is 17.0. The molecular weight excluding hydrogens is 459 g/mol. The summed E-state index contributed by atoms with van der Waals surface area (Å²) in [5.41, 5.74) is 1.72. The Kier molecular flexibility index (Phi) is 5.29. The highest BCUT2D eigenvalue weighted by Gasteiger charge is 2.18. The Morgan fingerprint density at radius 1 is 1.32 bits per heavy atom. The van der Waals surface area contributed by atoms with Gasteiger partial charge in [-0.15, -0.1) is 0 Å². The average Bonchev–Trinajstić information content (AvgIpc) is 2.40. The molecule has 0 aliphatic heterocycles. The minimum absolute atomic E-state index is 0.0120. The van der Waals surface area contributed by atoms with Crippen LogP contribution >= 0.6 is 38.5 Å². The number of aryl methyl sites for hydroxylation is 1. The van der Waals surface area contributed by atoms with E-state index in [2.05, 4.69) is 43.5 Å². The normalized spacial score (nSPS) is 10.6. The highest BCUT2D eigenvalue weighted by atomic mass is 127. The maximum atomic E-state index is 12.0. The number of nitrogens with zero attached hydrogens (tertiary/aromatic N) is 1. The van der Waals surface area contributed by atoms with Crippen LogP contribution in [0, 0.1) is 21.8 Å². The molecule has 0 spiro atoms. The molecule has 2 rings (SSSR count). The Labute approximate surface area is 150 Å². The van der Waals surface area contributed by atoms with Gasteiger partial charge in [0.2, 0.25) is 0 Å². The van der Waals surface area contributed by atoms with E-state index in [1.54, 1.807) is 13.0 Å². The molecule has 114 valence electrons. The number of hydrogen-bond acceptors (Lipinski definition) is 3. The van der Waals surface area contributed by atoms with E-state index in [0.717, 1.165) is 13.6 Å². The van der Waals surface area contributed by atoms with Crippen molar-refractivity contribution in [2.75, 3.05) is 0 Å². The van der Waals surface area contributed by atoms with Crippen molar-refractivity contribution >= 4 is 38.5 Å². The van der Waals surface area contributed by atoms with Crippen molar-refractivity contribution < 1.29 is 4.74 Å². The van der Waals surface area contributed by atoms with E-state index in [9.17, 15) is 10.1 Å². The Morgan fingerprint density at radius 2 is 2.00 bits per heavy atom. The number of aromatic amines is 1. The summed E-state index contributed by atoms with van der Waals surface area (Å²) in [5.74, 6) is 0.681. The van der Waals surface area contributed by atoms with Crippen LogP contribution in [0.1, 0.15) is 25.1 Å². The molecular formula is C16H14BrIN2O2. The summed E-state index contributed by atoms with van der Waals surface area (Å²) < 4.78 is 7.69. The molecule has 6 heteroatoms. The Balaban J connectivity index is 2.83. The second kappa shape index (κ2) is 6.84. The molecule has 2 aromatic rings. The summed E-state index contributed by atoms with van der Waals surface area (Å²) in [6.07, 6.45) is -0.0120. The van der Waals surface area contributed by atoms with Crippen LogP contribution in [-0.2, 0) is 0 Å². The minimum atomic E-state index is -0.386. The van der Waals surface area contributed by atoms with Gasteiger partial charge in [-0.25, -0.2) is 0 Å². The van der Waals surface area contributed by atoms with Gasteiger partial charge in [-0.05, 0) is 61.6 Å². The fourth-order valence-electron chi connectivity index (χ4n) is 2.13. The molecule has 22 heavy (non-hydrogen) atoms. The number of ether oxygens (including phenoxy) is 1. The maximum Gasteiger partial charge on any atom is 0.266 e. The monoisotopic (exact) mass is 472 g/mol. The average molecular weight is 473 g/mol. The van der Waals surface area contributed by atoms with Gasteiger partial charge in [0.15, 0.2) is 0 Å². The third-order valence-electron chi connectivity index (χ3n) is 2.93. The van der Waals surface area contributed by atoms with Gasteiger partial charge in [-0.2, -0.15) is 5.26 Å². The molecule has 0 bridgehead atoms. The molecule has 0 amide bonds. The zero-order valence-corrected chi connectivity index (χ0v) is 16.1. The molecule has 0 aliphatic rings. The number of H-pyrrole nitrogens is 1. The molecule has 0 fully saturated rings. The fourth-order valence-corrected chi connectivity index (χ4v) is 3.77. The summed E-state index contributed by atoms with van der Waals surface area (Å²) in [6, 6.07) is 7.60. The van der Waals surface area contributed by atoms with Crippen molar-refractivity contribution in [3.63, 3.8) is 0 Å².